The number of nitrogens with zero attached hydrogens (tertiary/aromatic N) is 3. The molecule has 1 aliphatic heterocycles. The highest BCUT2D eigenvalue weighted by molar-refractivity contribution is 5.97. The van der Waals surface area contributed by atoms with E-state index in [2.05, 4.69) is 12.2 Å². The summed E-state index contributed by atoms with van der Waals surface area (Å²) in [6, 6.07) is 7.67. The molecule has 0 spiro atoms. The summed E-state index contributed by atoms with van der Waals surface area (Å²) in [6.45, 7) is 3.48. The van der Waals surface area contributed by atoms with Crippen molar-refractivity contribution in [1.82, 2.24) is 4.90 Å². The van der Waals surface area contributed by atoms with E-state index >= 15 is 0 Å². The molecule has 0 atom stereocenters. The van der Waals surface area contributed by atoms with Gasteiger partial charge in [-0.3, -0.25) is 14.9 Å². The van der Waals surface area contributed by atoms with E-state index in [0.717, 1.165) is 12.8 Å². The Morgan fingerprint density at radius 3 is 2.52 bits per heavy atom. The first-order valence-electron chi connectivity index (χ1n) is 7.42. The molecule has 7 nitrogen and oxygen atoms in total. The minimum atomic E-state index is -0.485. The number of nitrogens with one attached hydrogen (secondary N) is 1. The number of anilines is 1. The van der Waals surface area contributed by atoms with Gasteiger partial charge in [0.2, 0.25) is 0 Å². The maximum absolute atomic E-state index is 12.3. The topological polar surface area (TPSA) is 99.3 Å². The van der Waals surface area contributed by atoms with Crippen LogP contribution in [0, 0.1) is 27.4 Å². The Bertz CT molecular complexity index is 653. The lowest BCUT2D eigenvalue weighted by atomic mass is 9.99. The van der Waals surface area contributed by atoms with E-state index in [9.17, 15) is 20.2 Å². The number of nitro benzene ring substituents is 1. The molecule has 1 aromatic rings. The third kappa shape index (κ3) is 4.30. The summed E-state index contributed by atoms with van der Waals surface area (Å²) in [5.41, 5.74) is 0.583. The number of benzene rings is 1. The highest BCUT2D eigenvalue weighted by atomic mass is 16.6. The van der Waals surface area contributed by atoms with Crippen LogP contribution >= 0.6 is 0 Å². The first kappa shape index (κ1) is 16.5. The van der Waals surface area contributed by atoms with Crippen LogP contribution in [0.15, 0.2) is 36.0 Å². The summed E-state index contributed by atoms with van der Waals surface area (Å²) < 4.78 is 0. The van der Waals surface area contributed by atoms with E-state index in [1.807, 2.05) is 6.07 Å². The first-order chi connectivity index (χ1) is 11.0. The van der Waals surface area contributed by atoms with Gasteiger partial charge >= 0.3 is 0 Å². The van der Waals surface area contributed by atoms with E-state index in [1.165, 1.54) is 30.5 Å². The van der Waals surface area contributed by atoms with Crippen LogP contribution in [0.5, 0.6) is 0 Å². The fourth-order valence-corrected chi connectivity index (χ4v) is 2.36. The van der Waals surface area contributed by atoms with Gasteiger partial charge in [0.1, 0.15) is 11.6 Å². The number of hydrogen-bond donors (Lipinski definition) is 1. The van der Waals surface area contributed by atoms with Gasteiger partial charge in [-0.25, -0.2) is 0 Å². The van der Waals surface area contributed by atoms with Crippen LogP contribution in [0.3, 0.4) is 0 Å². The normalized spacial score (nSPS) is 15.8. The lowest BCUT2D eigenvalue weighted by molar-refractivity contribution is -0.384. The van der Waals surface area contributed by atoms with Crippen molar-refractivity contribution in [3.05, 3.63) is 46.2 Å². The predicted octanol–water partition coefficient (Wildman–Crippen LogP) is 2.67. The van der Waals surface area contributed by atoms with Crippen molar-refractivity contribution in [2.24, 2.45) is 5.92 Å². The molecule has 1 saturated heterocycles. The average Bonchev–Trinajstić information content (AvgIpc) is 2.56. The number of hydrogen-bond acceptors (Lipinski definition) is 5. The standard InChI is InChI=1S/C16H18N4O3/c1-12-6-8-19(9-7-12)16(21)13(10-17)11-18-14-2-4-15(5-3-14)20(22)23/h2-5,11-12,18H,6-9H2,1H3/b13-11-. The summed E-state index contributed by atoms with van der Waals surface area (Å²) in [7, 11) is 0. The number of non-ortho nitro benzene ring substituents is 1. The van der Waals surface area contributed by atoms with Gasteiger partial charge in [-0.2, -0.15) is 5.26 Å². The number of rotatable bonds is 4. The third-order valence-electron chi connectivity index (χ3n) is 3.88. The molecule has 0 bridgehead atoms. The molecule has 1 heterocycles. The molecule has 0 aromatic heterocycles. The number of nitriles is 1. The molecule has 1 aliphatic rings. The summed E-state index contributed by atoms with van der Waals surface area (Å²) in [6.07, 6.45) is 3.24. The van der Waals surface area contributed by atoms with Crippen molar-refractivity contribution >= 4 is 17.3 Å². The van der Waals surface area contributed by atoms with E-state index in [1.54, 1.807) is 4.90 Å². The van der Waals surface area contributed by atoms with Crippen LogP contribution in [-0.4, -0.2) is 28.8 Å². The van der Waals surface area contributed by atoms with Crippen molar-refractivity contribution < 1.29 is 9.72 Å². The zero-order valence-electron chi connectivity index (χ0n) is 12.9. The lowest BCUT2D eigenvalue weighted by Gasteiger charge is -2.30. The Kier molecular flexibility index (Phi) is 5.31. The highest BCUT2D eigenvalue weighted by Crippen LogP contribution is 2.18. The molecule has 0 unspecified atom stereocenters. The van der Waals surface area contributed by atoms with E-state index in [4.69, 9.17) is 0 Å². The summed E-state index contributed by atoms with van der Waals surface area (Å²) in [5, 5.41) is 22.6. The van der Waals surface area contributed by atoms with Crippen LogP contribution in [0.2, 0.25) is 0 Å². The van der Waals surface area contributed by atoms with Gasteiger partial charge in [-0.05, 0) is 30.9 Å². The van der Waals surface area contributed by atoms with E-state index in [-0.39, 0.29) is 17.2 Å². The van der Waals surface area contributed by atoms with Gasteiger partial charge in [0, 0.05) is 37.1 Å². The zero-order chi connectivity index (χ0) is 16.8. The fourth-order valence-electron chi connectivity index (χ4n) is 2.36. The Hall–Kier alpha value is -2.88. The van der Waals surface area contributed by atoms with E-state index < -0.39 is 4.92 Å². The Labute approximate surface area is 134 Å². The van der Waals surface area contributed by atoms with Crippen molar-refractivity contribution in [1.29, 1.82) is 5.26 Å². The molecule has 0 saturated carbocycles. The largest absolute Gasteiger partial charge is 0.360 e. The van der Waals surface area contributed by atoms with Crippen molar-refractivity contribution in [3.63, 3.8) is 0 Å². The van der Waals surface area contributed by atoms with Crippen LogP contribution in [0.25, 0.3) is 0 Å². The molecule has 1 amide bonds. The molecule has 0 radical (unpaired) electrons. The Balaban J connectivity index is 2.02. The molecule has 1 aromatic carbocycles. The van der Waals surface area contributed by atoms with Crippen LogP contribution in [0.4, 0.5) is 11.4 Å². The number of carbonyl (C=O) groups excluding carboxylic acids is 1. The molecule has 23 heavy (non-hydrogen) atoms. The summed E-state index contributed by atoms with van der Waals surface area (Å²) in [5.74, 6) is 0.320. The molecule has 120 valence electrons. The molecular formula is C16H18N4O3. The SMILES string of the molecule is CC1CCN(C(=O)/C(C#N)=C\Nc2ccc([N+](=O)[O-])cc2)CC1. The zero-order valence-corrected chi connectivity index (χ0v) is 12.9. The monoisotopic (exact) mass is 314 g/mol. The van der Waals surface area contributed by atoms with Gasteiger partial charge in [-0.1, -0.05) is 6.92 Å². The maximum Gasteiger partial charge on any atom is 0.269 e. The Morgan fingerprint density at radius 1 is 1.39 bits per heavy atom. The molecule has 2 rings (SSSR count). The van der Waals surface area contributed by atoms with Crippen molar-refractivity contribution in [2.75, 3.05) is 18.4 Å². The van der Waals surface area contributed by atoms with Gasteiger partial charge in [0.05, 0.1) is 4.92 Å². The molecule has 1 N–H and O–H groups in total. The molecule has 0 aliphatic carbocycles. The lowest BCUT2D eigenvalue weighted by Crippen LogP contribution is -2.38. The van der Waals surface area contributed by atoms with Crippen LogP contribution in [0.1, 0.15) is 19.8 Å². The van der Waals surface area contributed by atoms with Crippen molar-refractivity contribution in [2.45, 2.75) is 19.8 Å². The molecular weight excluding hydrogens is 296 g/mol. The maximum atomic E-state index is 12.3. The second-order valence-electron chi connectivity index (χ2n) is 5.59. The van der Waals surface area contributed by atoms with Gasteiger partial charge in [0.25, 0.3) is 11.6 Å². The molecule has 1 fully saturated rings. The van der Waals surface area contributed by atoms with Crippen LogP contribution < -0.4 is 5.32 Å². The Morgan fingerprint density at radius 2 is 2.00 bits per heavy atom. The summed E-state index contributed by atoms with van der Waals surface area (Å²) in [4.78, 5) is 24.1. The quantitative estimate of drug-likeness (QED) is 0.398. The highest BCUT2D eigenvalue weighted by Gasteiger charge is 2.22. The van der Waals surface area contributed by atoms with Crippen molar-refractivity contribution in [3.8, 4) is 6.07 Å². The van der Waals surface area contributed by atoms with Gasteiger partial charge in [-0.15, -0.1) is 0 Å². The minimum absolute atomic E-state index is 0.0152. The number of amides is 1. The molecule has 7 heteroatoms. The second kappa shape index (κ2) is 7.40. The first-order valence-corrected chi connectivity index (χ1v) is 7.42. The predicted molar refractivity (Wildman–Crippen MR) is 85.4 cm³/mol. The fraction of sp³-hybridized carbons (Fsp3) is 0.375. The van der Waals surface area contributed by atoms with Gasteiger partial charge in [0.15, 0.2) is 0 Å². The second-order valence-corrected chi connectivity index (χ2v) is 5.59. The van der Waals surface area contributed by atoms with E-state index in [0.29, 0.717) is 24.7 Å². The third-order valence-corrected chi connectivity index (χ3v) is 3.88. The number of nitro groups is 1. The minimum Gasteiger partial charge on any atom is -0.360 e. The number of carbonyl (C=O) groups is 1. The van der Waals surface area contributed by atoms with Gasteiger partial charge < -0.3 is 10.2 Å². The number of piperidine rings is 1. The smallest absolute Gasteiger partial charge is 0.269 e. The average molecular weight is 314 g/mol. The summed E-state index contributed by atoms with van der Waals surface area (Å²) >= 11 is 0. The van der Waals surface area contributed by atoms with Crippen LogP contribution in [-0.2, 0) is 4.79 Å². The number of likely N-dealkylation sites (tertiary alicyclic amines) is 1.